The number of imidazole rings is 1. The molecule has 80 heavy (non-hydrogen) atoms. The van der Waals surface area contributed by atoms with Crippen molar-refractivity contribution in [1.82, 2.24) is 45.9 Å². The highest BCUT2D eigenvalue weighted by molar-refractivity contribution is 6.12. The van der Waals surface area contributed by atoms with Gasteiger partial charge in [-0.15, -0.1) is 0 Å². The first-order chi connectivity index (χ1) is 37.9. The van der Waals surface area contributed by atoms with Gasteiger partial charge in [-0.3, -0.25) is 43.3 Å². The predicted octanol–water partition coefficient (Wildman–Crippen LogP) is 3.77. The normalized spacial score (nSPS) is 17.1. The Kier molecular flexibility index (Phi) is 23.6. The maximum atomic E-state index is 15.2. The zero-order valence-electron chi connectivity index (χ0n) is 46.5. The van der Waals surface area contributed by atoms with Crippen molar-refractivity contribution in [2.45, 2.75) is 155 Å². The van der Waals surface area contributed by atoms with E-state index in [0.29, 0.717) is 57.2 Å². The molecule has 1 aromatic heterocycles. The molecule has 0 spiro atoms. The summed E-state index contributed by atoms with van der Waals surface area (Å²) in [7, 11) is 0. The number of nitrogens with one attached hydrogen (secondary N) is 5. The van der Waals surface area contributed by atoms with E-state index in [4.69, 9.17) is 10.7 Å². The summed E-state index contributed by atoms with van der Waals surface area (Å²) < 4.78 is 31.4. The number of imide groups is 1. The first kappa shape index (κ1) is 63.4. The molecule has 1 aliphatic carbocycles. The van der Waals surface area contributed by atoms with Crippen LogP contribution in [-0.4, -0.2) is 139 Å². The van der Waals surface area contributed by atoms with Crippen molar-refractivity contribution in [3.8, 4) is 11.3 Å². The van der Waals surface area contributed by atoms with Crippen molar-refractivity contribution >= 4 is 53.2 Å². The van der Waals surface area contributed by atoms with Gasteiger partial charge in [-0.2, -0.15) is 0 Å². The average Bonchev–Trinajstić information content (AvgIpc) is 4.19. The Labute approximate surface area is 465 Å². The lowest BCUT2D eigenvalue weighted by molar-refractivity contribution is -0.142. The molecule has 1 saturated carbocycles. The van der Waals surface area contributed by atoms with E-state index in [-0.39, 0.29) is 80.3 Å². The number of unbranched alkanes of at least 4 members (excludes halogenated alkanes) is 3. The van der Waals surface area contributed by atoms with Crippen LogP contribution < -0.4 is 32.3 Å². The predicted molar refractivity (Wildman–Crippen MR) is 291 cm³/mol. The Morgan fingerprint density at radius 1 is 0.850 bits per heavy atom. The number of aliphatic hydroxyl groups excluding tert-OH is 1. The van der Waals surface area contributed by atoms with E-state index < -0.39 is 101 Å². The molecule has 0 unspecified atom stereocenters. The van der Waals surface area contributed by atoms with E-state index in [1.807, 2.05) is 51.1 Å². The molecule has 5 rings (SSSR count). The molecule has 3 aromatic rings. The SMILES string of the molecule is CC(C)[C@H](NC(=O)CCCCCN1C(=O)C=CC1=O)C(=O)N[C@@H](C)C(=O)N[C@@H](CCCCNC(=O)[C@H]1CCC[C@H]1NC(=O)[C@@H](N)CCN(C(=O)CO)[C@@H](c1nc(-c2cc(F)ccc2F)cn1Cc1ccccc1)C(C)(C)C)C(=O)O. The molecule has 0 bridgehead atoms. The van der Waals surface area contributed by atoms with Crippen LogP contribution in [0.1, 0.15) is 130 Å². The molecule has 9 N–H and O–H groups in total. The molecule has 0 radical (unpaired) electrons. The fourth-order valence-electron chi connectivity index (χ4n) is 9.91. The molecule has 7 atom stereocenters. The molecular formula is C57H78F2N10O11. The van der Waals surface area contributed by atoms with Gasteiger partial charge in [-0.25, -0.2) is 18.6 Å². The highest BCUT2D eigenvalue weighted by Crippen LogP contribution is 2.40. The molecule has 2 aromatic carbocycles. The van der Waals surface area contributed by atoms with Gasteiger partial charge in [0.1, 0.15) is 42.2 Å². The van der Waals surface area contributed by atoms with Gasteiger partial charge in [-0.05, 0) is 93.4 Å². The third kappa shape index (κ3) is 18.1. The number of aliphatic hydroxyl groups is 1. The van der Waals surface area contributed by atoms with E-state index in [2.05, 4.69) is 26.6 Å². The second-order valence-electron chi connectivity index (χ2n) is 22.0. The molecule has 1 fully saturated rings. The van der Waals surface area contributed by atoms with Gasteiger partial charge >= 0.3 is 5.97 Å². The summed E-state index contributed by atoms with van der Waals surface area (Å²) in [5, 5.41) is 33.6. The lowest BCUT2D eigenvalue weighted by atomic mass is 9.84. The number of aliphatic carboxylic acids is 1. The summed E-state index contributed by atoms with van der Waals surface area (Å²) in [4.78, 5) is 123. The summed E-state index contributed by atoms with van der Waals surface area (Å²) in [6, 6.07) is 6.39. The van der Waals surface area contributed by atoms with Gasteiger partial charge in [0.2, 0.25) is 35.4 Å². The fourth-order valence-corrected chi connectivity index (χ4v) is 9.91. The van der Waals surface area contributed by atoms with Gasteiger partial charge in [0.05, 0.1) is 23.7 Å². The highest BCUT2D eigenvalue weighted by Gasteiger charge is 2.40. The monoisotopic (exact) mass is 1120 g/mol. The Balaban J connectivity index is 1.09. The molecule has 8 amide bonds. The standard InChI is InChI=1S/C57H78F2N10O11/c1-34(2)49(66-45(71)21-11-8-14-28-68-46(72)24-25-47(68)73)55(78)62-35(3)52(75)65-43(56(79)80)19-12-13-27-61-53(76)38-18-15-20-42(38)64-54(77)41(60)26-29-69(48(74)33-70)50(57(4,5)6)51-63-44(39-30-37(58)22-23-40(39)59)32-67(51)31-36-16-9-7-10-17-36/h7,9-10,16-17,22-25,30,32,34-35,38,41-43,49-50,70H,8,11-15,18-21,26-29,31,33,60H2,1-6H3,(H,61,76)(H,62,78)(H,64,77)(H,65,75)(H,66,71)(H,79,80)/t35-,38-,41-,42+,43-,49-,50-/m0/s1. The first-order valence-electron chi connectivity index (χ1n) is 27.4. The highest BCUT2D eigenvalue weighted by atomic mass is 19.1. The van der Waals surface area contributed by atoms with Gasteiger partial charge in [0.15, 0.2) is 0 Å². The quantitative estimate of drug-likeness (QED) is 0.0349. The van der Waals surface area contributed by atoms with Crippen LogP contribution in [0.3, 0.4) is 0 Å². The zero-order chi connectivity index (χ0) is 58.8. The van der Waals surface area contributed by atoms with Crippen molar-refractivity contribution in [2.24, 2.45) is 23.0 Å². The Morgan fingerprint density at radius 2 is 1.55 bits per heavy atom. The van der Waals surface area contributed by atoms with Gasteiger partial charge in [0.25, 0.3) is 11.8 Å². The minimum absolute atomic E-state index is 0.00846. The number of nitrogens with two attached hydrogens (primary N) is 1. The number of carbonyl (C=O) groups is 9. The number of benzene rings is 2. The van der Waals surface area contributed by atoms with E-state index in [0.717, 1.165) is 28.7 Å². The number of carbonyl (C=O) groups excluding carboxylic acids is 8. The van der Waals surface area contributed by atoms with Gasteiger partial charge in [0, 0.05) is 62.6 Å². The molecule has 1 aliphatic heterocycles. The number of hydrogen-bond acceptors (Lipinski definition) is 12. The van der Waals surface area contributed by atoms with Crippen LogP contribution in [0, 0.1) is 28.9 Å². The largest absolute Gasteiger partial charge is 0.480 e. The lowest BCUT2D eigenvalue weighted by Gasteiger charge is -2.40. The van der Waals surface area contributed by atoms with Crippen molar-refractivity contribution < 1.29 is 62.1 Å². The van der Waals surface area contributed by atoms with E-state index in [1.165, 1.54) is 24.0 Å². The molecule has 21 nitrogen and oxygen atoms in total. The van der Waals surface area contributed by atoms with Gasteiger partial charge < -0.3 is 52.0 Å². The zero-order valence-corrected chi connectivity index (χ0v) is 46.5. The van der Waals surface area contributed by atoms with Crippen molar-refractivity contribution in [3.63, 3.8) is 0 Å². The van der Waals surface area contributed by atoms with E-state index >= 15 is 4.39 Å². The molecule has 23 heteroatoms. The number of aromatic nitrogens is 2. The average molecular weight is 1120 g/mol. The Morgan fingerprint density at radius 3 is 2.20 bits per heavy atom. The maximum absolute atomic E-state index is 15.2. The van der Waals surface area contributed by atoms with Crippen molar-refractivity contribution in [2.75, 3.05) is 26.2 Å². The van der Waals surface area contributed by atoms with Crippen LogP contribution in [0.5, 0.6) is 0 Å². The third-order valence-corrected chi connectivity index (χ3v) is 14.3. The van der Waals surface area contributed by atoms with Crippen LogP contribution in [0.15, 0.2) is 66.9 Å². The molecule has 0 saturated heterocycles. The van der Waals surface area contributed by atoms with E-state index in [9.17, 15) is 57.8 Å². The Bertz CT molecular complexity index is 2690. The summed E-state index contributed by atoms with van der Waals surface area (Å²) in [6.45, 7) is 10.1. The number of amides is 8. The van der Waals surface area contributed by atoms with Crippen LogP contribution in [0.4, 0.5) is 8.78 Å². The van der Waals surface area contributed by atoms with Crippen molar-refractivity contribution in [3.05, 3.63) is 89.9 Å². The van der Waals surface area contributed by atoms with E-state index in [1.54, 1.807) is 24.6 Å². The third-order valence-electron chi connectivity index (χ3n) is 14.3. The van der Waals surface area contributed by atoms with Crippen LogP contribution in [-0.2, 0) is 49.7 Å². The summed E-state index contributed by atoms with van der Waals surface area (Å²) >= 11 is 0. The number of carboxylic acid groups (broad SMARTS) is 1. The minimum Gasteiger partial charge on any atom is -0.480 e. The Hall–Kier alpha value is -7.40. The summed E-state index contributed by atoms with van der Waals surface area (Å²) in [5.41, 5.74) is 6.63. The number of rotatable bonds is 30. The van der Waals surface area contributed by atoms with Crippen molar-refractivity contribution in [1.29, 1.82) is 0 Å². The first-order valence-corrected chi connectivity index (χ1v) is 27.4. The topological polar surface area (TPSA) is 305 Å². The number of hydrogen-bond donors (Lipinski definition) is 8. The lowest BCUT2D eigenvalue weighted by Crippen LogP contribution is -2.56. The minimum atomic E-state index is -1.31. The smallest absolute Gasteiger partial charge is 0.326 e. The maximum Gasteiger partial charge on any atom is 0.326 e. The molecular weight excluding hydrogens is 1040 g/mol. The number of halogens is 2. The fraction of sp³-hybridized carbons (Fsp3) is 0.544. The second-order valence-corrected chi connectivity index (χ2v) is 22.0. The van der Waals surface area contributed by atoms with Crippen LogP contribution in [0.25, 0.3) is 11.3 Å². The van der Waals surface area contributed by atoms with Crippen LogP contribution in [0.2, 0.25) is 0 Å². The number of nitrogens with zero attached hydrogens (tertiary/aromatic N) is 4. The summed E-state index contributed by atoms with van der Waals surface area (Å²) in [5.74, 6) is -7.35. The molecule has 2 aliphatic rings. The summed E-state index contributed by atoms with van der Waals surface area (Å²) in [6.07, 6.45) is 7.83. The van der Waals surface area contributed by atoms with Crippen LogP contribution >= 0.6 is 0 Å². The molecule has 2 heterocycles. The van der Waals surface area contributed by atoms with Gasteiger partial charge in [-0.1, -0.05) is 77.8 Å². The second kappa shape index (κ2) is 29.7. The molecule has 436 valence electrons. The number of carboxylic acids is 1.